The molecule has 19 heavy (non-hydrogen) atoms. The molecule has 1 N–H and O–H groups in total. The molecule has 0 bridgehead atoms. The van der Waals surface area contributed by atoms with Crippen molar-refractivity contribution >= 4 is 0 Å². The Morgan fingerprint density at radius 3 is 2.32 bits per heavy atom. The van der Waals surface area contributed by atoms with Crippen molar-refractivity contribution in [3.63, 3.8) is 0 Å². The van der Waals surface area contributed by atoms with Gasteiger partial charge < -0.3 is 5.32 Å². The first-order valence-corrected chi connectivity index (χ1v) is 7.57. The SMILES string of the molecule is CCNC1CCCCCC1N(CC(F)(F)F)C1CC1. The zero-order valence-corrected chi connectivity index (χ0v) is 11.7. The van der Waals surface area contributed by atoms with Gasteiger partial charge in [0.1, 0.15) is 0 Å². The van der Waals surface area contributed by atoms with Gasteiger partial charge in [-0.25, -0.2) is 0 Å². The highest BCUT2D eigenvalue weighted by Gasteiger charge is 2.43. The fourth-order valence-corrected chi connectivity index (χ4v) is 3.32. The molecule has 2 atom stereocenters. The summed E-state index contributed by atoms with van der Waals surface area (Å²) in [7, 11) is 0. The predicted octanol–water partition coefficient (Wildman–Crippen LogP) is 3.32. The third-order valence-electron chi connectivity index (χ3n) is 4.25. The minimum absolute atomic E-state index is 0.0663. The van der Waals surface area contributed by atoms with Gasteiger partial charge in [0.2, 0.25) is 0 Å². The molecule has 0 aromatic heterocycles. The van der Waals surface area contributed by atoms with Crippen molar-refractivity contribution in [1.29, 1.82) is 0 Å². The van der Waals surface area contributed by atoms with Crippen molar-refractivity contribution in [2.45, 2.75) is 76.2 Å². The van der Waals surface area contributed by atoms with E-state index in [0.717, 1.165) is 51.5 Å². The van der Waals surface area contributed by atoms with Crippen LogP contribution in [0.3, 0.4) is 0 Å². The van der Waals surface area contributed by atoms with E-state index in [9.17, 15) is 13.2 Å². The lowest BCUT2D eigenvalue weighted by molar-refractivity contribution is -0.154. The molecule has 2 nitrogen and oxygen atoms in total. The van der Waals surface area contributed by atoms with E-state index in [2.05, 4.69) is 5.32 Å². The summed E-state index contributed by atoms with van der Waals surface area (Å²) < 4.78 is 38.4. The largest absolute Gasteiger partial charge is 0.401 e. The standard InChI is InChI=1S/C14H25F3N2/c1-2-18-12-6-4-3-5-7-13(12)19(11-8-9-11)10-14(15,16)17/h11-13,18H,2-10H2,1H3. The predicted molar refractivity (Wildman–Crippen MR) is 70.1 cm³/mol. The summed E-state index contributed by atoms with van der Waals surface area (Å²) in [5.74, 6) is 0. The highest BCUT2D eigenvalue weighted by molar-refractivity contribution is 4.95. The number of nitrogens with one attached hydrogen (secondary N) is 1. The summed E-state index contributed by atoms with van der Waals surface area (Å²) in [6.07, 6.45) is 3.07. The molecule has 0 radical (unpaired) electrons. The topological polar surface area (TPSA) is 15.3 Å². The average Bonchev–Trinajstić information content (AvgIpc) is 3.13. The molecular weight excluding hydrogens is 253 g/mol. The minimum atomic E-state index is -4.08. The molecule has 0 heterocycles. The molecule has 0 aromatic rings. The van der Waals surface area contributed by atoms with Crippen LogP contribution >= 0.6 is 0 Å². The second-order valence-electron chi connectivity index (χ2n) is 5.89. The van der Waals surface area contributed by atoms with Crippen LogP contribution in [0.1, 0.15) is 51.9 Å². The second kappa shape index (κ2) is 6.44. The van der Waals surface area contributed by atoms with Crippen LogP contribution < -0.4 is 5.32 Å². The number of hydrogen-bond acceptors (Lipinski definition) is 2. The molecule has 5 heteroatoms. The molecule has 0 amide bonds. The molecular formula is C14H25F3N2. The van der Waals surface area contributed by atoms with Crippen LogP contribution in [0.15, 0.2) is 0 Å². The average molecular weight is 278 g/mol. The third-order valence-corrected chi connectivity index (χ3v) is 4.25. The van der Waals surface area contributed by atoms with E-state index in [-0.39, 0.29) is 18.1 Å². The molecule has 2 aliphatic carbocycles. The molecule has 0 spiro atoms. The van der Waals surface area contributed by atoms with Gasteiger partial charge in [-0.1, -0.05) is 26.2 Å². The zero-order valence-electron chi connectivity index (χ0n) is 11.7. The van der Waals surface area contributed by atoms with Gasteiger partial charge in [-0.2, -0.15) is 13.2 Å². The monoisotopic (exact) mass is 278 g/mol. The first-order chi connectivity index (χ1) is 9.01. The van der Waals surface area contributed by atoms with Crippen LogP contribution in [0.5, 0.6) is 0 Å². The quantitative estimate of drug-likeness (QED) is 0.776. The molecule has 0 saturated heterocycles. The Kier molecular flexibility index (Phi) is 5.12. The van der Waals surface area contributed by atoms with Crippen molar-refractivity contribution in [2.75, 3.05) is 13.1 Å². The lowest BCUT2D eigenvalue weighted by Gasteiger charge is -2.37. The van der Waals surface area contributed by atoms with E-state index in [0.29, 0.717) is 0 Å². The Morgan fingerprint density at radius 1 is 1.05 bits per heavy atom. The number of hydrogen-bond donors (Lipinski definition) is 1. The Balaban J connectivity index is 2.07. The highest BCUT2D eigenvalue weighted by Crippen LogP contribution is 2.35. The van der Waals surface area contributed by atoms with E-state index < -0.39 is 12.7 Å². The van der Waals surface area contributed by atoms with E-state index >= 15 is 0 Å². The normalized spacial score (nSPS) is 29.5. The number of rotatable bonds is 5. The fourth-order valence-electron chi connectivity index (χ4n) is 3.32. The summed E-state index contributed by atoms with van der Waals surface area (Å²) in [6, 6.07) is 0.470. The minimum Gasteiger partial charge on any atom is -0.313 e. The Hall–Kier alpha value is -0.290. The molecule has 2 rings (SSSR count). The molecule has 2 fully saturated rings. The van der Waals surface area contributed by atoms with Gasteiger partial charge in [-0.3, -0.25) is 4.90 Å². The van der Waals surface area contributed by atoms with Crippen molar-refractivity contribution in [2.24, 2.45) is 0 Å². The van der Waals surface area contributed by atoms with Crippen LogP contribution in [0.4, 0.5) is 13.2 Å². The van der Waals surface area contributed by atoms with E-state index in [4.69, 9.17) is 0 Å². The van der Waals surface area contributed by atoms with E-state index in [1.54, 1.807) is 4.90 Å². The van der Waals surface area contributed by atoms with E-state index in [1.807, 2.05) is 6.92 Å². The molecule has 2 unspecified atom stereocenters. The van der Waals surface area contributed by atoms with Crippen molar-refractivity contribution in [1.82, 2.24) is 10.2 Å². The van der Waals surface area contributed by atoms with Crippen molar-refractivity contribution in [3.05, 3.63) is 0 Å². The third kappa shape index (κ3) is 4.63. The first kappa shape index (κ1) is 15.1. The summed E-state index contributed by atoms with van der Waals surface area (Å²) in [6.45, 7) is 2.14. The Morgan fingerprint density at radius 2 is 1.74 bits per heavy atom. The van der Waals surface area contributed by atoms with Crippen LogP contribution in [-0.4, -0.2) is 42.3 Å². The number of halogens is 3. The smallest absolute Gasteiger partial charge is 0.313 e. The molecule has 112 valence electrons. The number of alkyl halides is 3. The lowest BCUT2D eigenvalue weighted by Crippen LogP contribution is -2.53. The summed E-state index contributed by atoms with van der Waals surface area (Å²) >= 11 is 0. The fraction of sp³-hybridized carbons (Fsp3) is 1.00. The van der Waals surface area contributed by atoms with Gasteiger partial charge in [-0.05, 0) is 32.2 Å². The highest BCUT2D eigenvalue weighted by atomic mass is 19.4. The van der Waals surface area contributed by atoms with Crippen molar-refractivity contribution in [3.8, 4) is 0 Å². The van der Waals surface area contributed by atoms with Gasteiger partial charge in [0.15, 0.2) is 0 Å². The van der Waals surface area contributed by atoms with Gasteiger partial charge in [0.05, 0.1) is 6.54 Å². The van der Waals surface area contributed by atoms with Gasteiger partial charge in [0.25, 0.3) is 0 Å². The maximum Gasteiger partial charge on any atom is 0.401 e. The molecule has 0 aliphatic heterocycles. The number of likely N-dealkylation sites (N-methyl/N-ethyl adjacent to an activating group) is 1. The first-order valence-electron chi connectivity index (χ1n) is 7.57. The van der Waals surface area contributed by atoms with Crippen LogP contribution in [0, 0.1) is 0 Å². The van der Waals surface area contributed by atoms with Crippen molar-refractivity contribution < 1.29 is 13.2 Å². The Labute approximate surface area is 113 Å². The molecule has 2 saturated carbocycles. The second-order valence-corrected chi connectivity index (χ2v) is 5.89. The van der Waals surface area contributed by atoms with Crippen LogP contribution in [0.25, 0.3) is 0 Å². The summed E-state index contributed by atoms with van der Waals surface area (Å²) in [5, 5.41) is 3.41. The maximum atomic E-state index is 12.8. The number of nitrogens with zero attached hydrogens (tertiary/aromatic N) is 1. The van der Waals surface area contributed by atoms with E-state index in [1.165, 1.54) is 0 Å². The molecule has 0 aromatic carbocycles. The van der Waals surface area contributed by atoms with Gasteiger partial charge >= 0.3 is 6.18 Å². The molecule has 2 aliphatic rings. The van der Waals surface area contributed by atoms with Gasteiger partial charge in [0, 0.05) is 18.1 Å². The van der Waals surface area contributed by atoms with Crippen LogP contribution in [0.2, 0.25) is 0 Å². The Bertz CT molecular complexity index is 276. The van der Waals surface area contributed by atoms with Gasteiger partial charge in [-0.15, -0.1) is 0 Å². The zero-order chi connectivity index (χ0) is 13.9. The lowest BCUT2D eigenvalue weighted by atomic mass is 10.0. The maximum absolute atomic E-state index is 12.8. The summed E-state index contributed by atoms with van der Waals surface area (Å²) in [4.78, 5) is 1.75. The van der Waals surface area contributed by atoms with Crippen LogP contribution in [-0.2, 0) is 0 Å². The summed E-state index contributed by atoms with van der Waals surface area (Å²) in [5.41, 5.74) is 0.